The van der Waals surface area contributed by atoms with Gasteiger partial charge in [-0.1, -0.05) is 12.1 Å². The van der Waals surface area contributed by atoms with Crippen molar-refractivity contribution in [3.63, 3.8) is 0 Å². The van der Waals surface area contributed by atoms with E-state index in [9.17, 15) is 4.79 Å². The van der Waals surface area contributed by atoms with Crippen LogP contribution in [0.25, 0.3) is 0 Å². The monoisotopic (exact) mass is 250 g/mol. The van der Waals surface area contributed by atoms with Crippen molar-refractivity contribution in [2.75, 3.05) is 13.2 Å². The molecule has 1 rings (SSSR count). The van der Waals surface area contributed by atoms with Crippen molar-refractivity contribution in [2.24, 2.45) is 0 Å². The van der Waals surface area contributed by atoms with E-state index in [1.54, 1.807) is 0 Å². The molecule has 99 valence electrons. The minimum absolute atomic E-state index is 0.392. The number of carbonyl (C=O) groups excluding carboxylic acids is 1. The van der Waals surface area contributed by atoms with Gasteiger partial charge in [0, 0.05) is 0 Å². The molecule has 18 heavy (non-hydrogen) atoms. The molecule has 4 nitrogen and oxygen atoms in total. The maximum atomic E-state index is 11.3. The summed E-state index contributed by atoms with van der Waals surface area (Å²) in [4.78, 5) is 11.3. The van der Waals surface area contributed by atoms with E-state index >= 15 is 0 Å². The Kier molecular flexibility index (Phi) is 5.01. The lowest BCUT2D eigenvalue weighted by atomic mass is 10.2. The molecule has 0 heterocycles. The van der Waals surface area contributed by atoms with Crippen LogP contribution in [0, 0.1) is 6.92 Å². The van der Waals surface area contributed by atoms with Gasteiger partial charge in [0.15, 0.2) is 0 Å². The molecule has 0 spiro atoms. The summed E-state index contributed by atoms with van der Waals surface area (Å²) in [7, 11) is 0. The molecule has 1 aromatic carbocycles. The largest absolute Gasteiger partial charge is 0.492 e. The lowest BCUT2D eigenvalue weighted by molar-refractivity contribution is 0.0520. The van der Waals surface area contributed by atoms with Crippen LogP contribution in [0.2, 0.25) is 0 Å². The Morgan fingerprint density at radius 2 is 2.11 bits per heavy atom. The van der Waals surface area contributed by atoms with Gasteiger partial charge in [-0.05, 0) is 45.4 Å². The molecule has 1 N–H and O–H groups in total. The molecule has 0 unspecified atom stereocenters. The van der Waals surface area contributed by atoms with Gasteiger partial charge in [0.05, 0.1) is 6.54 Å². The van der Waals surface area contributed by atoms with Crippen LogP contribution in [0.15, 0.2) is 24.3 Å². The molecule has 0 fully saturated rings. The van der Waals surface area contributed by atoms with Crippen molar-refractivity contribution >= 4 is 6.09 Å². The van der Waals surface area contributed by atoms with Gasteiger partial charge in [-0.15, -0.1) is 0 Å². The highest BCUT2D eigenvalue weighted by atomic mass is 16.6. The minimum Gasteiger partial charge on any atom is -0.492 e. The summed E-state index contributed by atoms with van der Waals surface area (Å²) in [6.07, 6.45) is -0.433. The zero-order chi connectivity index (χ0) is 13.6. The van der Waals surface area contributed by atoms with Gasteiger partial charge in [-0.3, -0.25) is 0 Å². The average molecular weight is 250 g/mol. The van der Waals surface area contributed by atoms with E-state index in [1.807, 2.05) is 45.0 Å². The second-order valence-corrected chi connectivity index (χ2v) is 4.92. The van der Waals surface area contributed by atoms with E-state index in [0.717, 1.165) is 11.3 Å². The topological polar surface area (TPSA) is 47.6 Å². The summed E-state index contributed by atoms with van der Waals surface area (Å²) in [5, 5.41) is 2.62. The molecule has 0 saturated heterocycles. The second kappa shape index (κ2) is 6.28. The van der Waals surface area contributed by atoms with Gasteiger partial charge in [0.25, 0.3) is 0 Å². The quantitative estimate of drug-likeness (QED) is 0.836. The first kappa shape index (κ1) is 14.4. The first-order valence-corrected chi connectivity index (χ1v) is 5.88. The third-order valence-corrected chi connectivity index (χ3v) is 1.94. The Morgan fingerprint density at radius 1 is 1.39 bits per heavy atom. The number of hydrogen-bond acceptors (Lipinski definition) is 3. The van der Waals surface area contributed by atoms with Crippen LogP contribution in [0.4, 0.5) is 4.79 Å². The number of hydrogen-bond donors (Lipinski definition) is 1. The highest BCUT2D eigenvalue weighted by Gasteiger charge is 2.15. The standard InChI is InChI=1S/C14H20NO3/c1-11-6-5-7-12(10-11)17-9-8-15-13(16)18-14(2,3)4/h5-7,10H,1,8-9H2,2-4H3,(H,15,16). The van der Waals surface area contributed by atoms with E-state index in [1.165, 1.54) is 0 Å². The predicted octanol–water partition coefficient (Wildman–Crippen LogP) is 2.77. The fourth-order valence-corrected chi connectivity index (χ4v) is 1.27. The molecule has 4 heteroatoms. The summed E-state index contributed by atoms with van der Waals surface area (Å²) in [5.41, 5.74) is 0.417. The molecular formula is C14H20NO3. The molecule has 0 aromatic heterocycles. The van der Waals surface area contributed by atoms with Crippen LogP contribution < -0.4 is 10.1 Å². The molecule has 0 aliphatic rings. The summed E-state index contributed by atoms with van der Waals surface area (Å²) in [6, 6.07) is 7.46. The van der Waals surface area contributed by atoms with Crippen LogP contribution >= 0.6 is 0 Å². The Morgan fingerprint density at radius 3 is 2.72 bits per heavy atom. The smallest absolute Gasteiger partial charge is 0.407 e. The zero-order valence-corrected chi connectivity index (χ0v) is 11.2. The van der Waals surface area contributed by atoms with Crippen molar-refractivity contribution in [2.45, 2.75) is 26.4 Å². The fraction of sp³-hybridized carbons (Fsp3) is 0.429. The number of amides is 1. The van der Waals surface area contributed by atoms with E-state index in [2.05, 4.69) is 12.2 Å². The molecule has 1 amide bonds. The molecule has 0 aliphatic heterocycles. The molecule has 0 bridgehead atoms. The third kappa shape index (κ3) is 6.13. The SMILES string of the molecule is [CH2]c1cccc(OCCNC(=O)OC(C)(C)C)c1. The number of benzene rings is 1. The summed E-state index contributed by atoms with van der Waals surface area (Å²) in [5.74, 6) is 0.744. The van der Waals surface area contributed by atoms with Gasteiger partial charge in [-0.2, -0.15) is 0 Å². The second-order valence-electron chi connectivity index (χ2n) is 4.92. The zero-order valence-electron chi connectivity index (χ0n) is 11.2. The molecule has 0 saturated carbocycles. The van der Waals surface area contributed by atoms with Crippen molar-refractivity contribution in [1.29, 1.82) is 0 Å². The number of alkyl carbamates (subject to hydrolysis) is 1. The van der Waals surface area contributed by atoms with E-state index in [4.69, 9.17) is 9.47 Å². The van der Waals surface area contributed by atoms with Crippen molar-refractivity contribution in [3.8, 4) is 5.75 Å². The van der Waals surface area contributed by atoms with E-state index in [0.29, 0.717) is 13.2 Å². The van der Waals surface area contributed by atoms with E-state index < -0.39 is 11.7 Å². The van der Waals surface area contributed by atoms with Crippen molar-refractivity contribution in [1.82, 2.24) is 5.32 Å². The average Bonchev–Trinajstić information content (AvgIpc) is 2.22. The first-order valence-electron chi connectivity index (χ1n) is 5.88. The number of ether oxygens (including phenoxy) is 2. The van der Waals surface area contributed by atoms with Gasteiger partial charge in [0.2, 0.25) is 0 Å². The molecule has 1 radical (unpaired) electrons. The fourth-order valence-electron chi connectivity index (χ4n) is 1.27. The van der Waals surface area contributed by atoms with Gasteiger partial charge >= 0.3 is 6.09 Å². The van der Waals surface area contributed by atoms with Crippen LogP contribution in [0.3, 0.4) is 0 Å². The molecule has 0 aliphatic carbocycles. The van der Waals surface area contributed by atoms with Crippen molar-refractivity contribution < 1.29 is 14.3 Å². The molecule has 0 atom stereocenters. The number of nitrogens with one attached hydrogen (secondary N) is 1. The third-order valence-electron chi connectivity index (χ3n) is 1.94. The normalized spacial score (nSPS) is 10.9. The highest BCUT2D eigenvalue weighted by molar-refractivity contribution is 5.67. The first-order chi connectivity index (χ1) is 8.37. The van der Waals surface area contributed by atoms with Crippen LogP contribution in [0.1, 0.15) is 26.3 Å². The maximum Gasteiger partial charge on any atom is 0.407 e. The summed E-state index contributed by atoms with van der Waals surface area (Å²) in [6.45, 7) is 10.1. The van der Waals surface area contributed by atoms with Crippen LogP contribution in [0.5, 0.6) is 5.75 Å². The highest BCUT2D eigenvalue weighted by Crippen LogP contribution is 2.11. The minimum atomic E-state index is -0.479. The Bertz CT molecular complexity index is 396. The summed E-state index contributed by atoms with van der Waals surface area (Å²) >= 11 is 0. The number of carbonyl (C=O) groups is 1. The Hall–Kier alpha value is -1.71. The lowest BCUT2D eigenvalue weighted by Gasteiger charge is -2.19. The van der Waals surface area contributed by atoms with Crippen molar-refractivity contribution in [3.05, 3.63) is 36.8 Å². The van der Waals surface area contributed by atoms with Gasteiger partial charge in [0.1, 0.15) is 18.0 Å². The number of rotatable bonds is 4. The Labute approximate surface area is 108 Å². The van der Waals surface area contributed by atoms with Gasteiger partial charge < -0.3 is 14.8 Å². The summed E-state index contributed by atoms with van der Waals surface area (Å²) < 4.78 is 10.6. The molecule has 1 aromatic rings. The van der Waals surface area contributed by atoms with Crippen LogP contribution in [-0.4, -0.2) is 24.8 Å². The predicted molar refractivity (Wildman–Crippen MR) is 70.6 cm³/mol. The van der Waals surface area contributed by atoms with E-state index in [-0.39, 0.29) is 0 Å². The van der Waals surface area contributed by atoms with Crippen LogP contribution in [-0.2, 0) is 4.74 Å². The molecular weight excluding hydrogens is 230 g/mol. The Balaban J connectivity index is 2.21. The maximum absolute atomic E-state index is 11.3. The lowest BCUT2D eigenvalue weighted by Crippen LogP contribution is -2.34. The van der Waals surface area contributed by atoms with Gasteiger partial charge in [-0.25, -0.2) is 4.79 Å².